The van der Waals surface area contributed by atoms with Crippen molar-refractivity contribution in [2.24, 2.45) is 4.99 Å². The first-order valence-corrected chi connectivity index (χ1v) is 9.36. The minimum Gasteiger partial charge on any atom is -0.493 e. The zero-order valence-electron chi connectivity index (χ0n) is 17.2. The Morgan fingerprint density at radius 2 is 1.79 bits per heavy atom. The Bertz CT molecular complexity index is 991. The van der Waals surface area contributed by atoms with Crippen LogP contribution < -0.4 is 20.1 Å². The Hall–Kier alpha value is -3.54. The van der Waals surface area contributed by atoms with Gasteiger partial charge in [-0.05, 0) is 43.2 Å². The molecule has 2 aromatic rings. The molecule has 1 heterocycles. The van der Waals surface area contributed by atoms with E-state index in [0.29, 0.717) is 35.1 Å². The number of allylic oxidation sites excluding steroid dienone is 2. The summed E-state index contributed by atoms with van der Waals surface area (Å²) in [6, 6.07) is 15.8. The highest BCUT2D eigenvalue weighted by Gasteiger charge is 2.18. The first-order chi connectivity index (χ1) is 14.0. The van der Waals surface area contributed by atoms with E-state index in [4.69, 9.17) is 14.9 Å². The topological polar surface area (TPSA) is 78.7 Å². The predicted octanol–water partition coefficient (Wildman–Crippen LogP) is 4.11. The summed E-state index contributed by atoms with van der Waals surface area (Å²) >= 11 is 0. The maximum Gasteiger partial charge on any atom is 0.161 e. The van der Waals surface area contributed by atoms with Crippen LogP contribution in [0.1, 0.15) is 25.0 Å². The number of hydrogen-bond donors (Lipinski definition) is 3. The molecule has 1 aliphatic heterocycles. The van der Waals surface area contributed by atoms with Crippen LogP contribution in [0.4, 0.5) is 0 Å². The number of nitrogens with one attached hydrogen (secondary N) is 3. The summed E-state index contributed by atoms with van der Waals surface area (Å²) in [4.78, 5) is 4.64. The fraction of sp³-hybridized carbons (Fsp3) is 0.217. The molecule has 6 nitrogen and oxygen atoms in total. The van der Waals surface area contributed by atoms with Crippen LogP contribution in [0.3, 0.4) is 0 Å². The molecule has 3 N–H and O–H groups in total. The highest BCUT2D eigenvalue weighted by atomic mass is 16.5. The Morgan fingerprint density at radius 1 is 1.07 bits per heavy atom. The summed E-state index contributed by atoms with van der Waals surface area (Å²) in [5, 5.41) is 15.1. The number of hydrogen-bond acceptors (Lipinski definition) is 6. The number of rotatable bonds is 7. The lowest BCUT2D eigenvalue weighted by molar-refractivity contribution is 0.355. The number of aliphatic imine (C=N–C) groups is 1. The summed E-state index contributed by atoms with van der Waals surface area (Å²) in [6.45, 7) is 4.38. The second-order valence-corrected chi connectivity index (χ2v) is 6.69. The van der Waals surface area contributed by atoms with Crippen LogP contribution in [-0.2, 0) is 6.54 Å². The minimum absolute atomic E-state index is 0.403. The summed E-state index contributed by atoms with van der Waals surface area (Å²) < 4.78 is 10.8. The number of nitrogens with zero attached hydrogens (tertiary/aromatic N) is 1. The average Bonchev–Trinajstić information content (AvgIpc) is 2.72. The van der Waals surface area contributed by atoms with E-state index in [0.717, 1.165) is 17.1 Å². The van der Waals surface area contributed by atoms with Crippen LogP contribution in [0.15, 0.2) is 71.2 Å². The molecule has 0 atom stereocenters. The van der Waals surface area contributed by atoms with Crippen molar-refractivity contribution in [3.63, 3.8) is 0 Å². The molecule has 0 saturated heterocycles. The third-order valence-corrected chi connectivity index (χ3v) is 4.50. The van der Waals surface area contributed by atoms with Gasteiger partial charge >= 0.3 is 0 Å². The number of methoxy groups -OCH3 is 2. The molecule has 6 heteroatoms. The maximum absolute atomic E-state index is 8.34. The van der Waals surface area contributed by atoms with E-state index in [2.05, 4.69) is 27.8 Å². The minimum atomic E-state index is 0.403. The predicted molar refractivity (Wildman–Crippen MR) is 117 cm³/mol. The van der Waals surface area contributed by atoms with E-state index in [9.17, 15) is 0 Å². The van der Waals surface area contributed by atoms with Crippen molar-refractivity contribution in [1.29, 1.82) is 5.41 Å². The van der Waals surface area contributed by atoms with E-state index in [-0.39, 0.29) is 0 Å². The van der Waals surface area contributed by atoms with Crippen molar-refractivity contribution in [2.45, 2.75) is 20.4 Å². The van der Waals surface area contributed by atoms with Gasteiger partial charge in [-0.3, -0.25) is 0 Å². The van der Waals surface area contributed by atoms with Gasteiger partial charge in [0, 0.05) is 23.5 Å². The Balaban J connectivity index is 1.92. The SMILES string of the molecule is COc1ccc(/C(C(C)=N)=C2\N=C(C)C=C(NCc3ccccc3)N2)cc1OC. The molecule has 0 unspecified atom stereocenters. The van der Waals surface area contributed by atoms with Gasteiger partial charge in [0.1, 0.15) is 11.6 Å². The van der Waals surface area contributed by atoms with E-state index >= 15 is 0 Å². The second kappa shape index (κ2) is 9.10. The molecule has 0 amide bonds. The van der Waals surface area contributed by atoms with E-state index in [1.165, 1.54) is 5.56 Å². The highest BCUT2D eigenvalue weighted by molar-refractivity contribution is 6.22. The Labute approximate surface area is 171 Å². The third-order valence-electron chi connectivity index (χ3n) is 4.50. The molecule has 0 radical (unpaired) electrons. The fourth-order valence-electron chi connectivity index (χ4n) is 3.14. The van der Waals surface area contributed by atoms with Crippen molar-refractivity contribution in [2.75, 3.05) is 14.2 Å². The van der Waals surface area contributed by atoms with Gasteiger partial charge in [0.15, 0.2) is 11.5 Å². The molecule has 0 saturated carbocycles. The molecule has 0 bridgehead atoms. The summed E-state index contributed by atoms with van der Waals surface area (Å²) in [5.41, 5.74) is 3.98. The molecule has 150 valence electrons. The molecule has 3 rings (SSSR count). The van der Waals surface area contributed by atoms with Gasteiger partial charge in [-0.1, -0.05) is 36.4 Å². The molecule has 29 heavy (non-hydrogen) atoms. The van der Waals surface area contributed by atoms with Gasteiger partial charge in [0.05, 0.1) is 14.2 Å². The van der Waals surface area contributed by atoms with Gasteiger partial charge in [-0.15, -0.1) is 0 Å². The largest absolute Gasteiger partial charge is 0.493 e. The zero-order valence-corrected chi connectivity index (χ0v) is 17.2. The van der Waals surface area contributed by atoms with E-state index < -0.39 is 0 Å². The summed E-state index contributed by atoms with van der Waals surface area (Å²) in [6.07, 6.45) is 1.96. The van der Waals surface area contributed by atoms with Crippen molar-refractivity contribution >= 4 is 17.0 Å². The Kier molecular flexibility index (Phi) is 6.34. The third kappa shape index (κ3) is 4.85. The van der Waals surface area contributed by atoms with Gasteiger partial charge in [0.25, 0.3) is 0 Å². The smallest absolute Gasteiger partial charge is 0.161 e. The van der Waals surface area contributed by atoms with Crippen molar-refractivity contribution < 1.29 is 9.47 Å². The van der Waals surface area contributed by atoms with Crippen LogP contribution in [0.5, 0.6) is 11.5 Å². The quantitative estimate of drug-likeness (QED) is 0.622. The van der Waals surface area contributed by atoms with Gasteiger partial charge in [0.2, 0.25) is 0 Å². The van der Waals surface area contributed by atoms with Crippen molar-refractivity contribution in [3.8, 4) is 11.5 Å². The van der Waals surface area contributed by atoms with Gasteiger partial charge in [-0.25, -0.2) is 4.99 Å². The van der Waals surface area contributed by atoms with Gasteiger partial charge in [-0.2, -0.15) is 0 Å². The molecular formula is C23H26N4O2. The molecule has 0 aliphatic carbocycles. The first kappa shape index (κ1) is 20.2. The van der Waals surface area contributed by atoms with E-state index in [1.807, 2.05) is 49.4 Å². The maximum atomic E-state index is 8.34. The van der Waals surface area contributed by atoms with Crippen LogP contribution in [0.2, 0.25) is 0 Å². The standard InChI is InChI=1S/C23H26N4O2/c1-15-12-21(25-14-17-8-6-5-7-9-17)27-23(26-15)22(16(2)24)18-10-11-19(28-3)20(13-18)29-4/h5-13,24-25,27H,14H2,1-4H3/b23-22+,24-16?. The summed E-state index contributed by atoms with van der Waals surface area (Å²) in [5.74, 6) is 2.72. The Morgan fingerprint density at radius 3 is 2.45 bits per heavy atom. The van der Waals surface area contributed by atoms with Crippen LogP contribution in [-0.4, -0.2) is 25.6 Å². The van der Waals surface area contributed by atoms with Crippen molar-refractivity contribution in [1.82, 2.24) is 10.6 Å². The van der Waals surface area contributed by atoms with Crippen LogP contribution in [0.25, 0.3) is 5.57 Å². The van der Waals surface area contributed by atoms with E-state index in [1.54, 1.807) is 21.1 Å². The molecule has 0 spiro atoms. The molecule has 0 aromatic heterocycles. The average molecular weight is 390 g/mol. The van der Waals surface area contributed by atoms with Crippen LogP contribution >= 0.6 is 0 Å². The van der Waals surface area contributed by atoms with Gasteiger partial charge < -0.3 is 25.5 Å². The lowest BCUT2D eigenvalue weighted by atomic mass is 10.0. The highest BCUT2D eigenvalue weighted by Crippen LogP contribution is 2.32. The lowest BCUT2D eigenvalue weighted by Crippen LogP contribution is -2.30. The number of benzene rings is 2. The molecule has 0 fully saturated rings. The molecular weight excluding hydrogens is 364 g/mol. The second-order valence-electron chi connectivity index (χ2n) is 6.69. The molecule has 1 aliphatic rings. The molecule has 2 aromatic carbocycles. The monoisotopic (exact) mass is 390 g/mol. The summed E-state index contributed by atoms with van der Waals surface area (Å²) in [7, 11) is 3.20. The van der Waals surface area contributed by atoms with Crippen molar-refractivity contribution in [3.05, 3.63) is 77.4 Å². The van der Waals surface area contributed by atoms with Crippen LogP contribution in [0, 0.1) is 5.41 Å². The first-order valence-electron chi connectivity index (χ1n) is 9.36. The normalized spacial score (nSPS) is 14.9. The zero-order chi connectivity index (χ0) is 20.8. The fourth-order valence-corrected chi connectivity index (χ4v) is 3.14. The lowest BCUT2D eigenvalue weighted by Gasteiger charge is -2.21. The number of ether oxygens (including phenoxy) is 2.